The van der Waals surface area contributed by atoms with Crippen molar-refractivity contribution in [2.45, 2.75) is 100 Å². The van der Waals surface area contributed by atoms with E-state index in [-0.39, 0.29) is 73.5 Å². The molecule has 2 aliphatic carbocycles. The number of hydrogen-bond acceptors (Lipinski definition) is 14. The summed E-state index contributed by atoms with van der Waals surface area (Å²) in [5, 5.41) is 22.7. The molecule has 2 saturated carbocycles. The van der Waals surface area contributed by atoms with Gasteiger partial charge in [-0.05, 0) is 136 Å². The third kappa shape index (κ3) is 14.7. The molecule has 8 rings (SSSR count). The van der Waals surface area contributed by atoms with Gasteiger partial charge in [-0.2, -0.15) is 0 Å². The molecule has 2 aliphatic rings. The van der Waals surface area contributed by atoms with Crippen LogP contribution in [0.15, 0.2) is 84.9 Å². The van der Waals surface area contributed by atoms with Crippen molar-refractivity contribution in [3.8, 4) is 11.5 Å². The monoisotopic (exact) mass is 1170 g/mol. The Bertz CT molecular complexity index is 3010. The Balaban J connectivity index is 0.919. The molecule has 4 aromatic carbocycles. The van der Waals surface area contributed by atoms with Crippen LogP contribution < -0.4 is 9.47 Å². The number of benzene rings is 4. The van der Waals surface area contributed by atoms with Gasteiger partial charge in [-0.3, -0.25) is 47.7 Å². The van der Waals surface area contributed by atoms with Crippen molar-refractivity contribution in [2.75, 3.05) is 66.7 Å². The molecular weight excluding hydrogens is 1100 g/mol. The van der Waals surface area contributed by atoms with Crippen molar-refractivity contribution in [3.63, 3.8) is 0 Å². The first-order chi connectivity index (χ1) is 38.4. The Morgan fingerprint density at radius 3 is 1.25 bits per heavy atom. The molecule has 16 nitrogen and oxygen atoms in total. The number of carboxylic acids is 2. The first-order valence-corrected chi connectivity index (χ1v) is 29.8. The van der Waals surface area contributed by atoms with Crippen LogP contribution in [0.1, 0.15) is 107 Å². The molecule has 0 atom stereocenters. The molecule has 2 fully saturated rings. The SMILES string of the molecule is COc1ccc2c(c1)c(CC(=O)OCCN(CC(=O)O)CC1(SSC3(CN(CCOC(=O)Cc4c(C)n(C(=O)c5ccc(Cl)cc5)c5ccc(OC)cc45)CC(=O)O)CCCCC3)CCCCC1)c(C)n2C(=O)c1ccc(Cl)cc1. The van der Waals surface area contributed by atoms with Gasteiger partial charge in [0.2, 0.25) is 0 Å². The highest BCUT2D eigenvalue weighted by molar-refractivity contribution is 8.77. The number of hydrogen-bond donors (Lipinski definition) is 2. The molecule has 0 bridgehead atoms. The minimum atomic E-state index is -0.997. The first-order valence-electron chi connectivity index (χ1n) is 26.9. The highest BCUT2D eigenvalue weighted by atomic mass is 35.5. The van der Waals surface area contributed by atoms with Gasteiger partial charge >= 0.3 is 23.9 Å². The summed E-state index contributed by atoms with van der Waals surface area (Å²) in [6, 6.07) is 23.9. The van der Waals surface area contributed by atoms with E-state index >= 15 is 0 Å². The Labute approximate surface area is 483 Å². The Hall–Kier alpha value is -6.02. The standard InChI is InChI=1S/C60H68Cl2N4O12S2/c1-39-47(49-31-45(75-3)19-21-51(49)65(39)57(73)41-11-15-43(61)16-12-41)33-55(71)77-29-27-63(35-53(67)68)37-59(23-7-5-8-24-59)79-80-60(25-9-6-10-26-60)38-64(36-54(69)70)28-30-78-56(72)34-48-40(2)66(52-22-20-46(76-4)32-50(48)52)58(74)42-13-17-44(62)18-14-42/h11-22,31-32H,5-10,23-30,33-38H2,1-4H3,(H,67,68)(H,69,70). The van der Waals surface area contributed by atoms with Gasteiger partial charge in [0.05, 0.1) is 51.2 Å². The largest absolute Gasteiger partial charge is 0.497 e. The summed E-state index contributed by atoms with van der Waals surface area (Å²) in [7, 11) is 6.66. The van der Waals surface area contributed by atoms with Crippen LogP contribution in [0.5, 0.6) is 11.5 Å². The predicted octanol–water partition coefficient (Wildman–Crippen LogP) is 11.3. The fraction of sp³-hybridized carbons (Fsp3) is 0.433. The van der Waals surface area contributed by atoms with Gasteiger partial charge in [-0.25, -0.2) is 0 Å². The molecule has 0 radical (unpaired) electrons. The van der Waals surface area contributed by atoms with E-state index in [9.17, 15) is 39.0 Å². The smallest absolute Gasteiger partial charge is 0.317 e. The molecule has 426 valence electrons. The second-order valence-corrected chi connectivity index (χ2v) is 24.8. The Morgan fingerprint density at radius 1 is 0.550 bits per heavy atom. The van der Waals surface area contributed by atoms with Gasteiger partial charge in [0.25, 0.3) is 11.8 Å². The van der Waals surface area contributed by atoms with Crippen LogP contribution in [0, 0.1) is 13.8 Å². The van der Waals surface area contributed by atoms with E-state index in [2.05, 4.69) is 0 Å². The summed E-state index contributed by atoms with van der Waals surface area (Å²) in [5.74, 6) is -2.49. The molecule has 0 aliphatic heterocycles. The lowest BCUT2D eigenvalue weighted by Gasteiger charge is -2.45. The number of carbonyl (C=O) groups is 6. The van der Waals surface area contributed by atoms with E-state index in [1.54, 1.807) is 144 Å². The quantitative estimate of drug-likeness (QED) is 0.0405. The number of aromatic nitrogens is 2. The molecule has 6 aromatic rings. The Morgan fingerprint density at radius 2 is 0.912 bits per heavy atom. The number of esters is 2. The zero-order valence-electron chi connectivity index (χ0n) is 45.6. The van der Waals surface area contributed by atoms with Crippen molar-refractivity contribution in [2.24, 2.45) is 0 Å². The second kappa shape index (κ2) is 27.2. The molecule has 2 N–H and O–H groups in total. The van der Waals surface area contributed by atoms with E-state index in [0.29, 0.717) is 90.1 Å². The first kappa shape index (κ1) is 60.1. The van der Waals surface area contributed by atoms with Gasteiger partial charge < -0.3 is 29.2 Å². The number of carboxylic acid groups (broad SMARTS) is 2. The summed E-state index contributed by atoms with van der Waals surface area (Å²) < 4.78 is 25.2. The molecule has 2 aromatic heterocycles. The maximum absolute atomic E-state index is 13.9. The number of nitrogens with zero attached hydrogens (tertiary/aromatic N) is 4. The minimum Gasteiger partial charge on any atom is -0.497 e. The topological polar surface area (TPSA) is 196 Å². The molecule has 0 spiro atoms. The molecule has 0 saturated heterocycles. The Kier molecular flexibility index (Phi) is 20.4. The number of ether oxygens (including phenoxy) is 4. The fourth-order valence-corrected chi connectivity index (χ4v) is 15.7. The summed E-state index contributed by atoms with van der Waals surface area (Å²) in [6.45, 7) is 4.22. The molecule has 0 amide bonds. The minimum absolute atomic E-state index is 0.0505. The fourth-order valence-electron chi connectivity index (χ4n) is 11.3. The van der Waals surface area contributed by atoms with Gasteiger partial charge in [0, 0.05) is 79.0 Å². The lowest BCUT2D eigenvalue weighted by Crippen LogP contribution is -2.47. The van der Waals surface area contributed by atoms with Crippen LogP contribution in [-0.2, 0) is 41.5 Å². The number of rotatable bonds is 25. The molecule has 0 unspecified atom stereocenters. The van der Waals surface area contributed by atoms with E-state index < -0.39 is 23.9 Å². The van der Waals surface area contributed by atoms with Crippen molar-refractivity contribution < 1.29 is 57.9 Å². The summed E-state index contributed by atoms with van der Waals surface area (Å²) in [5.41, 5.74) is 4.44. The van der Waals surface area contributed by atoms with Crippen molar-refractivity contribution in [1.82, 2.24) is 18.9 Å². The van der Waals surface area contributed by atoms with Gasteiger partial charge in [-0.1, -0.05) is 83.3 Å². The van der Waals surface area contributed by atoms with Gasteiger partial charge in [0.15, 0.2) is 0 Å². The summed E-state index contributed by atoms with van der Waals surface area (Å²) in [4.78, 5) is 83.7. The summed E-state index contributed by atoms with van der Waals surface area (Å²) >= 11 is 12.2. The number of fused-ring (bicyclic) bond motifs is 2. The maximum atomic E-state index is 13.9. The number of carbonyl (C=O) groups excluding carboxylic acids is 4. The molecule has 2 heterocycles. The zero-order valence-corrected chi connectivity index (χ0v) is 48.7. The maximum Gasteiger partial charge on any atom is 0.317 e. The van der Waals surface area contributed by atoms with E-state index in [0.717, 1.165) is 64.2 Å². The predicted molar refractivity (Wildman–Crippen MR) is 313 cm³/mol. The second-order valence-electron chi connectivity index (χ2n) is 20.8. The van der Waals surface area contributed by atoms with Crippen LogP contribution in [0.2, 0.25) is 10.0 Å². The average molecular weight is 1170 g/mol. The van der Waals surface area contributed by atoms with Gasteiger partial charge in [0.1, 0.15) is 24.7 Å². The molecular formula is C60H68Cl2N4O12S2. The third-order valence-electron chi connectivity index (χ3n) is 15.3. The van der Waals surface area contributed by atoms with Gasteiger partial charge in [-0.15, -0.1) is 0 Å². The van der Waals surface area contributed by atoms with Crippen LogP contribution in [-0.4, -0.2) is 141 Å². The third-order valence-corrected chi connectivity index (χ3v) is 20.1. The van der Waals surface area contributed by atoms with E-state index in [1.165, 1.54) is 0 Å². The normalized spacial score (nSPS) is 15.1. The van der Waals surface area contributed by atoms with Crippen LogP contribution in [0.25, 0.3) is 21.8 Å². The van der Waals surface area contributed by atoms with Crippen molar-refractivity contribution in [1.29, 1.82) is 0 Å². The number of methoxy groups -OCH3 is 2. The highest BCUT2D eigenvalue weighted by Crippen LogP contribution is 2.55. The van der Waals surface area contributed by atoms with E-state index in [4.69, 9.17) is 42.1 Å². The lowest BCUT2D eigenvalue weighted by atomic mass is 9.87. The highest BCUT2D eigenvalue weighted by Gasteiger charge is 2.42. The van der Waals surface area contributed by atoms with E-state index in [1.807, 2.05) is 9.80 Å². The average Bonchev–Trinajstić information content (AvgIpc) is 3.87. The number of halogens is 2. The molecule has 20 heteroatoms. The lowest BCUT2D eigenvalue weighted by molar-refractivity contribution is -0.145. The van der Waals surface area contributed by atoms with Crippen molar-refractivity contribution in [3.05, 3.63) is 129 Å². The molecule has 80 heavy (non-hydrogen) atoms. The van der Waals surface area contributed by atoms with Crippen LogP contribution in [0.3, 0.4) is 0 Å². The number of aliphatic carboxylic acids is 2. The summed E-state index contributed by atoms with van der Waals surface area (Å²) in [6.07, 6.45) is 9.15. The van der Waals surface area contributed by atoms with Crippen LogP contribution in [0.4, 0.5) is 0 Å². The van der Waals surface area contributed by atoms with Crippen molar-refractivity contribution >= 4 is 102 Å². The van der Waals surface area contributed by atoms with Crippen LogP contribution >= 0.6 is 44.8 Å². The zero-order chi connectivity index (χ0) is 57.1.